The number of anilines is 1. The third kappa shape index (κ3) is 6.34. The average molecular weight is 466 g/mol. The van der Waals surface area contributed by atoms with Gasteiger partial charge in [-0.25, -0.2) is 8.42 Å². The van der Waals surface area contributed by atoms with Crippen LogP contribution in [-0.2, 0) is 14.8 Å². The molecule has 0 bridgehead atoms. The number of unbranched alkanes of at least 4 members (excludes halogenated alkanes) is 1. The van der Waals surface area contributed by atoms with Crippen LogP contribution in [0.2, 0.25) is 0 Å². The van der Waals surface area contributed by atoms with Gasteiger partial charge in [-0.05, 0) is 42.8 Å². The Balaban J connectivity index is 1.96. The van der Waals surface area contributed by atoms with E-state index in [0.717, 1.165) is 8.78 Å². The van der Waals surface area contributed by atoms with E-state index < -0.39 is 15.9 Å². The van der Waals surface area contributed by atoms with E-state index in [1.54, 1.807) is 36.4 Å². The van der Waals surface area contributed by atoms with Crippen molar-refractivity contribution in [1.29, 1.82) is 5.26 Å². The Morgan fingerprint density at radius 3 is 2.64 bits per heavy atom. The van der Waals surface area contributed by atoms with Crippen molar-refractivity contribution in [2.75, 3.05) is 25.5 Å². The summed E-state index contributed by atoms with van der Waals surface area (Å²) in [5.41, 5.74) is 0.497. The molecule has 0 saturated carbocycles. The van der Waals surface area contributed by atoms with Crippen LogP contribution in [-0.4, -0.2) is 38.8 Å². The lowest BCUT2D eigenvalue weighted by Gasteiger charge is -2.17. The Kier molecular flexibility index (Phi) is 7.99. The molecule has 0 aliphatic heterocycles. The number of rotatable bonds is 9. The molecule has 1 amide bonds. The molecule has 0 aromatic heterocycles. The molecule has 0 fully saturated rings. The summed E-state index contributed by atoms with van der Waals surface area (Å²) in [4.78, 5) is 12.4. The third-order valence-electron chi connectivity index (χ3n) is 3.71. The van der Waals surface area contributed by atoms with E-state index >= 15 is 0 Å². The molecule has 0 unspecified atom stereocenters. The number of likely N-dealkylation sites (N-methyl/N-ethyl adjacent to an activating group) is 1. The van der Waals surface area contributed by atoms with Crippen LogP contribution >= 0.6 is 15.9 Å². The van der Waals surface area contributed by atoms with Crippen LogP contribution in [0.25, 0.3) is 0 Å². The maximum absolute atomic E-state index is 12.5. The van der Waals surface area contributed by atoms with Crippen LogP contribution in [0.15, 0.2) is 57.9 Å². The highest BCUT2D eigenvalue weighted by Gasteiger charge is 2.22. The minimum absolute atomic E-state index is 0.110. The van der Waals surface area contributed by atoms with Crippen molar-refractivity contribution in [3.63, 3.8) is 0 Å². The zero-order valence-corrected chi connectivity index (χ0v) is 17.7. The van der Waals surface area contributed by atoms with Gasteiger partial charge in [-0.1, -0.05) is 22.0 Å². The molecule has 0 heterocycles. The summed E-state index contributed by atoms with van der Waals surface area (Å²) < 4.78 is 32.4. The van der Waals surface area contributed by atoms with Crippen LogP contribution < -0.4 is 10.1 Å². The van der Waals surface area contributed by atoms with Gasteiger partial charge in [-0.2, -0.15) is 9.57 Å². The molecule has 0 spiro atoms. The first-order valence-electron chi connectivity index (χ1n) is 8.44. The molecule has 0 aliphatic carbocycles. The van der Waals surface area contributed by atoms with E-state index in [-0.39, 0.29) is 11.4 Å². The Morgan fingerprint density at radius 2 is 1.96 bits per heavy atom. The van der Waals surface area contributed by atoms with Gasteiger partial charge in [0.1, 0.15) is 5.75 Å². The summed E-state index contributed by atoms with van der Waals surface area (Å²) in [5.74, 6) is 0.0939. The summed E-state index contributed by atoms with van der Waals surface area (Å²) >= 11 is 3.26. The number of nitrogens with one attached hydrogen (secondary N) is 1. The quantitative estimate of drug-likeness (QED) is 0.572. The van der Waals surface area contributed by atoms with Gasteiger partial charge in [0.25, 0.3) is 0 Å². The number of nitriles is 1. The molecular weight excluding hydrogens is 446 g/mol. The van der Waals surface area contributed by atoms with Gasteiger partial charge in [0.05, 0.1) is 24.1 Å². The summed E-state index contributed by atoms with van der Waals surface area (Å²) in [6.45, 7) is 0.0742. The van der Waals surface area contributed by atoms with Gasteiger partial charge >= 0.3 is 0 Å². The molecule has 0 atom stereocenters. The number of ether oxygens (including phenoxy) is 1. The lowest BCUT2D eigenvalue weighted by Crippen LogP contribution is -2.34. The lowest BCUT2D eigenvalue weighted by molar-refractivity contribution is -0.116. The van der Waals surface area contributed by atoms with Crippen molar-refractivity contribution in [2.45, 2.75) is 17.7 Å². The molecule has 0 aliphatic rings. The van der Waals surface area contributed by atoms with E-state index in [4.69, 9.17) is 10.00 Å². The van der Waals surface area contributed by atoms with Crippen LogP contribution in [0.3, 0.4) is 0 Å². The monoisotopic (exact) mass is 465 g/mol. The number of benzene rings is 2. The molecule has 7 nitrogen and oxygen atoms in total. The Labute approximate surface area is 173 Å². The second-order valence-corrected chi connectivity index (χ2v) is 8.86. The smallest absolute Gasteiger partial charge is 0.243 e. The first kappa shape index (κ1) is 21.9. The Morgan fingerprint density at radius 1 is 1.25 bits per heavy atom. The van der Waals surface area contributed by atoms with Crippen molar-refractivity contribution in [2.24, 2.45) is 0 Å². The largest absolute Gasteiger partial charge is 0.493 e. The van der Waals surface area contributed by atoms with Crippen LogP contribution in [0.1, 0.15) is 12.8 Å². The molecule has 0 radical (unpaired) electrons. The Hall–Kier alpha value is -2.41. The minimum Gasteiger partial charge on any atom is -0.493 e. The summed E-state index contributed by atoms with van der Waals surface area (Å²) in [6.07, 6.45) is 1.03. The SMILES string of the molecule is CN(CC(=O)Nc1cccc(OCCCC#N)c1)S(=O)(=O)c1ccc(Br)cc1. The fourth-order valence-electron chi connectivity index (χ4n) is 2.28. The van der Waals surface area contributed by atoms with Gasteiger partial charge in [0.2, 0.25) is 15.9 Å². The van der Waals surface area contributed by atoms with Crippen molar-refractivity contribution >= 4 is 37.5 Å². The van der Waals surface area contributed by atoms with Crippen molar-refractivity contribution in [1.82, 2.24) is 4.31 Å². The van der Waals surface area contributed by atoms with Crippen LogP contribution in [0, 0.1) is 11.3 Å². The molecule has 2 rings (SSSR count). The maximum Gasteiger partial charge on any atom is 0.243 e. The minimum atomic E-state index is -3.77. The number of nitrogens with zero attached hydrogens (tertiary/aromatic N) is 2. The van der Waals surface area contributed by atoms with E-state index in [1.165, 1.54) is 19.2 Å². The van der Waals surface area contributed by atoms with Crippen LogP contribution in [0.4, 0.5) is 5.69 Å². The molecule has 1 N–H and O–H groups in total. The zero-order chi connectivity index (χ0) is 20.6. The van der Waals surface area contributed by atoms with Crippen molar-refractivity contribution in [3.8, 4) is 11.8 Å². The predicted octanol–water partition coefficient (Wildman–Crippen LogP) is 3.39. The number of amides is 1. The molecule has 28 heavy (non-hydrogen) atoms. The molecule has 9 heteroatoms. The summed E-state index contributed by atoms with van der Waals surface area (Å²) in [7, 11) is -2.42. The summed E-state index contributed by atoms with van der Waals surface area (Å²) in [6, 6.07) is 15.0. The fourth-order valence-corrected chi connectivity index (χ4v) is 3.67. The average Bonchev–Trinajstić information content (AvgIpc) is 2.66. The van der Waals surface area contributed by atoms with Gasteiger partial charge < -0.3 is 10.1 Å². The normalized spacial score (nSPS) is 11.1. The number of carbonyl (C=O) groups excluding carboxylic acids is 1. The van der Waals surface area contributed by atoms with E-state index in [2.05, 4.69) is 21.2 Å². The maximum atomic E-state index is 12.5. The number of sulfonamides is 1. The highest BCUT2D eigenvalue weighted by molar-refractivity contribution is 9.10. The summed E-state index contributed by atoms with van der Waals surface area (Å²) in [5, 5.41) is 11.2. The third-order valence-corrected chi connectivity index (χ3v) is 6.05. The van der Waals surface area contributed by atoms with Crippen molar-refractivity contribution in [3.05, 3.63) is 53.0 Å². The van der Waals surface area contributed by atoms with Gasteiger partial charge in [-0.15, -0.1) is 0 Å². The van der Waals surface area contributed by atoms with E-state index in [0.29, 0.717) is 30.9 Å². The molecular formula is C19H20BrN3O4S. The highest BCUT2D eigenvalue weighted by Crippen LogP contribution is 2.19. The Bertz CT molecular complexity index is 956. The highest BCUT2D eigenvalue weighted by atomic mass is 79.9. The number of carbonyl (C=O) groups is 1. The standard InChI is InChI=1S/C19H20BrN3O4S/c1-23(28(25,26)18-9-7-15(20)8-10-18)14-19(24)22-16-5-4-6-17(13-16)27-12-3-2-11-21/h4-10,13H,2-3,12,14H2,1H3,(H,22,24). The first-order chi connectivity index (χ1) is 13.3. The van der Waals surface area contributed by atoms with Crippen LogP contribution in [0.5, 0.6) is 5.75 Å². The molecule has 0 saturated heterocycles. The molecule has 2 aromatic carbocycles. The fraction of sp³-hybridized carbons (Fsp3) is 0.263. The van der Waals surface area contributed by atoms with E-state index in [9.17, 15) is 13.2 Å². The van der Waals surface area contributed by atoms with Gasteiger partial charge in [0, 0.05) is 29.7 Å². The number of hydrogen-bond acceptors (Lipinski definition) is 5. The second kappa shape index (κ2) is 10.2. The molecule has 148 valence electrons. The predicted molar refractivity (Wildman–Crippen MR) is 109 cm³/mol. The zero-order valence-electron chi connectivity index (χ0n) is 15.3. The number of halogens is 1. The number of hydrogen-bond donors (Lipinski definition) is 1. The van der Waals surface area contributed by atoms with Gasteiger partial charge in [0.15, 0.2) is 0 Å². The topological polar surface area (TPSA) is 99.5 Å². The first-order valence-corrected chi connectivity index (χ1v) is 10.7. The van der Waals surface area contributed by atoms with E-state index in [1.807, 2.05) is 6.07 Å². The lowest BCUT2D eigenvalue weighted by atomic mass is 10.3. The molecule has 2 aromatic rings. The van der Waals surface area contributed by atoms with Gasteiger partial charge in [-0.3, -0.25) is 4.79 Å². The van der Waals surface area contributed by atoms with Crippen molar-refractivity contribution < 1.29 is 17.9 Å². The second-order valence-electron chi connectivity index (χ2n) is 5.90.